The third kappa shape index (κ3) is 0.792. The van der Waals surface area contributed by atoms with Gasteiger partial charge in [-0.3, -0.25) is 4.79 Å². The third-order valence-corrected chi connectivity index (χ3v) is 3.99. The van der Waals surface area contributed by atoms with Crippen molar-refractivity contribution in [3.8, 4) is 0 Å². The summed E-state index contributed by atoms with van der Waals surface area (Å²) in [5, 5.41) is 9.08. The lowest BCUT2D eigenvalue weighted by atomic mass is 9.69. The van der Waals surface area contributed by atoms with E-state index in [1.54, 1.807) is 6.92 Å². The van der Waals surface area contributed by atoms with Gasteiger partial charge in [0.1, 0.15) is 0 Å². The van der Waals surface area contributed by atoms with Crippen molar-refractivity contribution in [2.24, 2.45) is 10.8 Å². The highest BCUT2D eigenvalue weighted by Crippen LogP contribution is 2.63. The molecule has 1 aliphatic carbocycles. The zero-order valence-corrected chi connectivity index (χ0v) is 8.59. The molecule has 2 aliphatic rings. The second-order valence-corrected chi connectivity index (χ2v) is 5.26. The van der Waals surface area contributed by atoms with Crippen LogP contribution in [-0.4, -0.2) is 22.6 Å². The van der Waals surface area contributed by atoms with E-state index < -0.39 is 17.0 Å². The lowest BCUT2D eigenvalue weighted by Crippen LogP contribution is -2.45. The van der Waals surface area contributed by atoms with Crippen LogP contribution in [0.3, 0.4) is 0 Å². The Labute approximate surface area is 82.2 Å². The molecule has 78 valence electrons. The molecule has 2 unspecified atom stereocenters. The van der Waals surface area contributed by atoms with E-state index in [1.807, 2.05) is 13.8 Å². The molecule has 4 heteroatoms. The molecule has 1 N–H and O–H groups in total. The summed E-state index contributed by atoms with van der Waals surface area (Å²) in [7, 11) is 0. The van der Waals surface area contributed by atoms with Crippen molar-refractivity contribution >= 4 is 11.9 Å². The Kier molecular flexibility index (Phi) is 1.44. The van der Waals surface area contributed by atoms with Crippen molar-refractivity contribution in [1.29, 1.82) is 0 Å². The number of hydrogen-bond donors (Lipinski definition) is 1. The molecule has 0 aromatic rings. The summed E-state index contributed by atoms with van der Waals surface area (Å²) in [5.41, 5.74) is -2.18. The monoisotopic (exact) mass is 198 g/mol. The fourth-order valence-corrected chi connectivity index (χ4v) is 2.69. The van der Waals surface area contributed by atoms with Gasteiger partial charge in [-0.05, 0) is 12.3 Å². The summed E-state index contributed by atoms with van der Waals surface area (Å²) in [6.45, 7) is 5.66. The number of hydrogen-bond acceptors (Lipinski definition) is 3. The van der Waals surface area contributed by atoms with Crippen LogP contribution in [0.1, 0.15) is 33.6 Å². The lowest BCUT2D eigenvalue weighted by molar-refractivity contribution is -0.182. The van der Waals surface area contributed by atoms with Crippen LogP contribution >= 0.6 is 0 Å². The first-order valence-electron chi connectivity index (χ1n) is 4.70. The van der Waals surface area contributed by atoms with Gasteiger partial charge in [0.05, 0.1) is 5.41 Å². The minimum atomic E-state index is -1.25. The second-order valence-electron chi connectivity index (χ2n) is 5.26. The molecule has 2 bridgehead atoms. The number of carboxylic acid groups (broad SMARTS) is 1. The molecule has 0 aromatic heterocycles. The number of ether oxygens (including phenoxy) is 1. The quantitative estimate of drug-likeness (QED) is 0.643. The Morgan fingerprint density at radius 1 is 1.36 bits per heavy atom. The zero-order valence-electron chi connectivity index (χ0n) is 8.59. The fraction of sp³-hybridized carbons (Fsp3) is 0.800. The van der Waals surface area contributed by atoms with Gasteiger partial charge in [0.15, 0.2) is 0 Å². The molecule has 1 saturated heterocycles. The molecule has 0 radical (unpaired) electrons. The Balaban J connectivity index is 2.50. The van der Waals surface area contributed by atoms with Crippen LogP contribution in [0.2, 0.25) is 0 Å². The maximum atomic E-state index is 11.6. The predicted octanol–water partition coefficient (Wildman–Crippen LogP) is 1.19. The molecule has 0 aromatic carbocycles. The maximum absolute atomic E-state index is 11.6. The molecular weight excluding hydrogens is 184 g/mol. The van der Waals surface area contributed by atoms with E-state index in [0.29, 0.717) is 12.8 Å². The van der Waals surface area contributed by atoms with Crippen LogP contribution in [0.15, 0.2) is 0 Å². The average Bonchev–Trinajstić information content (AvgIpc) is 2.34. The van der Waals surface area contributed by atoms with E-state index in [-0.39, 0.29) is 11.4 Å². The van der Waals surface area contributed by atoms with Crippen molar-refractivity contribution in [2.45, 2.75) is 39.2 Å². The highest BCUT2D eigenvalue weighted by Gasteiger charge is 2.71. The van der Waals surface area contributed by atoms with Gasteiger partial charge in [0.25, 0.3) is 0 Å². The first-order valence-corrected chi connectivity index (χ1v) is 4.70. The van der Waals surface area contributed by atoms with E-state index in [4.69, 9.17) is 9.84 Å². The molecule has 1 heterocycles. The fourth-order valence-electron chi connectivity index (χ4n) is 2.69. The van der Waals surface area contributed by atoms with E-state index >= 15 is 0 Å². The Hall–Kier alpha value is -1.06. The lowest BCUT2D eigenvalue weighted by Gasteiger charge is -2.37. The van der Waals surface area contributed by atoms with Crippen LogP contribution in [-0.2, 0) is 14.3 Å². The van der Waals surface area contributed by atoms with Crippen molar-refractivity contribution in [2.75, 3.05) is 0 Å². The largest absolute Gasteiger partial charge is 0.478 e. The van der Waals surface area contributed by atoms with Crippen molar-refractivity contribution < 1.29 is 19.4 Å². The summed E-state index contributed by atoms with van der Waals surface area (Å²) in [5.74, 6) is -1.38. The van der Waals surface area contributed by atoms with E-state index in [9.17, 15) is 9.59 Å². The Morgan fingerprint density at radius 3 is 2.21 bits per heavy atom. The number of aliphatic carboxylic acids is 1. The molecule has 2 rings (SSSR count). The number of carbonyl (C=O) groups is 2. The van der Waals surface area contributed by atoms with Gasteiger partial charge in [0.2, 0.25) is 5.60 Å². The highest BCUT2D eigenvalue weighted by atomic mass is 16.6. The van der Waals surface area contributed by atoms with Crippen LogP contribution in [0.25, 0.3) is 0 Å². The molecule has 1 aliphatic heterocycles. The summed E-state index contributed by atoms with van der Waals surface area (Å²) < 4.78 is 5.01. The van der Waals surface area contributed by atoms with Crippen LogP contribution in [0.4, 0.5) is 0 Å². The SMILES string of the molecule is CC1(C)CC2(C(=O)O)CC1(C)C(=O)O2. The van der Waals surface area contributed by atoms with Crippen LogP contribution in [0.5, 0.6) is 0 Å². The third-order valence-electron chi connectivity index (χ3n) is 3.99. The van der Waals surface area contributed by atoms with Gasteiger partial charge >= 0.3 is 11.9 Å². The second kappa shape index (κ2) is 2.12. The average molecular weight is 198 g/mol. The van der Waals surface area contributed by atoms with E-state index in [0.717, 1.165) is 0 Å². The zero-order chi connectivity index (χ0) is 10.8. The van der Waals surface area contributed by atoms with Crippen LogP contribution in [0, 0.1) is 10.8 Å². The van der Waals surface area contributed by atoms with Crippen molar-refractivity contribution in [3.05, 3.63) is 0 Å². The highest BCUT2D eigenvalue weighted by molar-refractivity contribution is 5.91. The summed E-state index contributed by atoms with van der Waals surface area (Å²) >= 11 is 0. The number of rotatable bonds is 1. The maximum Gasteiger partial charge on any atom is 0.348 e. The molecule has 2 fully saturated rings. The normalized spacial score (nSPS) is 43.8. The number of fused-ring (bicyclic) bond motifs is 2. The smallest absolute Gasteiger partial charge is 0.348 e. The topological polar surface area (TPSA) is 63.6 Å². The first kappa shape index (κ1) is 9.49. The van der Waals surface area contributed by atoms with E-state index in [2.05, 4.69) is 0 Å². The van der Waals surface area contributed by atoms with Gasteiger partial charge < -0.3 is 9.84 Å². The summed E-state index contributed by atoms with van der Waals surface area (Å²) in [6.07, 6.45) is 0.721. The summed E-state index contributed by atoms with van der Waals surface area (Å²) in [6, 6.07) is 0. The standard InChI is InChI=1S/C10H14O4/c1-8(2)4-10(6(11)12)5-9(8,3)7(13)14-10/h4-5H2,1-3H3,(H,11,12). The number of carboxylic acids is 1. The van der Waals surface area contributed by atoms with Gasteiger partial charge in [0, 0.05) is 12.8 Å². The van der Waals surface area contributed by atoms with E-state index in [1.165, 1.54) is 0 Å². The van der Waals surface area contributed by atoms with Gasteiger partial charge in [-0.1, -0.05) is 13.8 Å². The molecule has 1 saturated carbocycles. The first-order chi connectivity index (χ1) is 6.24. The van der Waals surface area contributed by atoms with Crippen molar-refractivity contribution in [3.63, 3.8) is 0 Å². The Morgan fingerprint density at radius 2 is 1.93 bits per heavy atom. The van der Waals surface area contributed by atoms with Crippen molar-refractivity contribution in [1.82, 2.24) is 0 Å². The minimum Gasteiger partial charge on any atom is -0.478 e. The molecular formula is C10H14O4. The molecule has 14 heavy (non-hydrogen) atoms. The molecule has 0 amide bonds. The van der Waals surface area contributed by atoms with Gasteiger partial charge in [-0.2, -0.15) is 0 Å². The van der Waals surface area contributed by atoms with Gasteiger partial charge in [-0.15, -0.1) is 0 Å². The predicted molar refractivity (Wildman–Crippen MR) is 47.6 cm³/mol. The minimum absolute atomic E-state index is 0.291. The molecule has 0 spiro atoms. The number of esters is 1. The Bertz CT molecular complexity index is 333. The molecule has 4 nitrogen and oxygen atoms in total. The summed E-state index contributed by atoms with van der Waals surface area (Å²) in [4.78, 5) is 22.7. The number of carbonyl (C=O) groups excluding carboxylic acids is 1. The van der Waals surface area contributed by atoms with Crippen LogP contribution < -0.4 is 0 Å². The van der Waals surface area contributed by atoms with Gasteiger partial charge in [-0.25, -0.2) is 4.79 Å². The molecule has 2 atom stereocenters.